The van der Waals surface area contributed by atoms with Crippen LogP contribution in [0.1, 0.15) is 64.9 Å². The maximum atomic E-state index is 12.8. The van der Waals surface area contributed by atoms with Crippen LogP contribution in [0.3, 0.4) is 0 Å². The summed E-state index contributed by atoms with van der Waals surface area (Å²) in [7, 11) is 2.01. The van der Waals surface area contributed by atoms with Crippen molar-refractivity contribution in [2.75, 3.05) is 25.0 Å². The Hall–Kier alpha value is -2.87. The molecule has 0 spiro atoms. The maximum Gasteiger partial charge on any atom is 0.344 e. The van der Waals surface area contributed by atoms with Crippen LogP contribution in [0.5, 0.6) is 0 Å². The van der Waals surface area contributed by atoms with Crippen molar-refractivity contribution in [3.63, 3.8) is 0 Å². The Balaban J connectivity index is 1.78. The molecule has 0 bridgehead atoms. The van der Waals surface area contributed by atoms with Crippen molar-refractivity contribution in [2.45, 2.75) is 39.7 Å². The number of likely N-dealkylation sites (tertiary alicyclic amines) is 1. The molecule has 1 unspecified atom stereocenters. The first kappa shape index (κ1) is 20.9. The predicted molar refractivity (Wildman–Crippen MR) is 106 cm³/mol. The summed E-state index contributed by atoms with van der Waals surface area (Å²) in [6, 6.07) is 4.34. The van der Waals surface area contributed by atoms with E-state index in [-0.39, 0.29) is 53.7 Å². The van der Waals surface area contributed by atoms with Crippen LogP contribution < -0.4 is 10.2 Å². The number of rotatable bonds is 7. The van der Waals surface area contributed by atoms with Crippen LogP contribution in [0.25, 0.3) is 0 Å². The summed E-state index contributed by atoms with van der Waals surface area (Å²) in [4.78, 5) is 38.3. The largest absolute Gasteiger partial charge is 0.462 e. The lowest BCUT2D eigenvalue weighted by Crippen LogP contribution is -3.11. The van der Waals surface area contributed by atoms with Crippen molar-refractivity contribution in [3.05, 3.63) is 40.9 Å². The fraction of sp³-hybridized carbons (Fsp3) is 0.476. The number of nitrogens with zero attached hydrogens (tertiary/aromatic N) is 1. The second-order valence-electron chi connectivity index (χ2n) is 7.39. The molecule has 2 atom stereocenters. The lowest BCUT2D eigenvalue weighted by atomic mass is 10.1. The van der Waals surface area contributed by atoms with Crippen LogP contribution in [0.4, 0.5) is 5.88 Å². The lowest BCUT2D eigenvalue weighted by Gasteiger charge is -2.21. The monoisotopic (exact) mass is 402 g/mol. The highest BCUT2D eigenvalue weighted by Gasteiger charge is 2.34. The summed E-state index contributed by atoms with van der Waals surface area (Å²) in [6.07, 6.45) is 4.07. The molecule has 29 heavy (non-hydrogen) atoms. The third kappa shape index (κ3) is 4.27. The number of anilines is 1. The Bertz CT molecular complexity index is 927. The third-order valence-electron chi connectivity index (χ3n) is 5.38. The van der Waals surface area contributed by atoms with Gasteiger partial charge in [0.2, 0.25) is 5.88 Å². The van der Waals surface area contributed by atoms with Gasteiger partial charge in [-0.1, -0.05) is 0 Å². The highest BCUT2D eigenvalue weighted by Crippen LogP contribution is 2.28. The Labute approximate surface area is 169 Å². The van der Waals surface area contributed by atoms with Gasteiger partial charge < -0.3 is 18.6 Å². The average Bonchev–Trinajstić information content (AvgIpc) is 3.33. The van der Waals surface area contributed by atoms with E-state index in [1.54, 1.807) is 13.8 Å². The average molecular weight is 402 g/mol. The van der Waals surface area contributed by atoms with E-state index in [0.717, 1.165) is 24.3 Å². The van der Waals surface area contributed by atoms with E-state index in [2.05, 4.69) is 16.0 Å². The fourth-order valence-corrected chi connectivity index (χ4v) is 4.15. The number of Topliss-reactive ketones (excluding diaryl/α,β-unsaturated/α-hetero) is 1. The van der Waals surface area contributed by atoms with Gasteiger partial charge in [0, 0.05) is 26.1 Å². The van der Waals surface area contributed by atoms with Crippen molar-refractivity contribution in [1.82, 2.24) is 4.57 Å². The molecule has 0 aliphatic carbocycles. The number of amides is 1. The molecule has 2 aromatic heterocycles. The molecular formula is C21H28N3O5+. The van der Waals surface area contributed by atoms with Crippen LogP contribution in [0.2, 0.25) is 0 Å². The van der Waals surface area contributed by atoms with Crippen molar-refractivity contribution in [2.24, 2.45) is 7.05 Å². The van der Waals surface area contributed by atoms with Crippen LogP contribution >= 0.6 is 0 Å². The smallest absolute Gasteiger partial charge is 0.344 e. The van der Waals surface area contributed by atoms with Gasteiger partial charge in [0.1, 0.15) is 17.4 Å². The summed E-state index contributed by atoms with van der Waals surface area (Å²) in [6.45, 7) is 5.91. The third-order valence-corrected chi connectivity index (χ3v) is 5.38. The number of esters is 1. The van der Waals surface area contributed by atoms with Crippen molar-refractivity contribution >= 4 is 23.5 Å². The molecule has 0 aromatic carbocycles. The van der Waals surface area contributed by atoms with Gasteiger partial charge in [0.05, 0.1) is 24.4 Å². The molecule has 1 aliphatic rings. The number of ether oxygens (including phenoxy) is 1. The zero-order chi connectivity index (χ0) is 21.1. The van der Waals surface area contributed by atoms with Gasteiger partial charge in [0.25, 0.3) is 5.91 Å². The van der Waals surface area contributed by atoms with E-state index < -0.39 is 5.97 Å². The minimum absolute atomic E-state index is 0.0133. The number of hydrogen-bond acceptors (Lipinski definition) is 5. The van der Waals surface area contributed by atoms with Gasteiger partial charge in [-0.3, -0.25) is 14.9 Å². The van der Waals surface area contributed by atoms with E-state index in [1.165, 1.54) is 12.6 Å². The zero-order valence-electron chi connectivity index (χ0n) is 17.3. The number of aryl methyl sites for hydroxylation is 2. The predicted octanol–water partition coefficient (Wildman–Crippen LogP) is 1.66. The SMILES string of the molecule is CCOC(=O)c1c(NC(=O)C[NH+]2CCC[C@H]2c2cccn2C)oc(C)c1C(C)=O. The van der Waals surface area contributed by atoms with E-state index >= 15 is 0 Å². The van der Waals surface area contributed by atoms with E-state index in [4.69, 9.17) is 9.15 Å². The fourth-order valence-electron chi connectivity index (χ4n) is 4.15. The highest BCUT2D eigenvalue weighted by molar-refractivity contribution is 6.10. The Morgan fingerprint density at radius 2 is 2.10 bits per heavy atom. The summed E-state index contributed by atoms with van der Waals surface area (Å²) in [5.41, 5.74) is 1.33. The van der Waals surface area contributed by atoms with Gasteiger partial charge >= 0.3 is 5.97 Å². The number of hydrogen-bond donors (Lipinski definition) is 2. The first-order chi connectivity index (χ1) is 13.8. The molecule has 3 rings (SSSR count). The minimum Gasteiger partial charge on any atom is -0.462 e. The van der Waals surface area contributed by atoms with Gasteiger partial charge in [-0.05, 0) is 32.9 Å². The first-order valence-electron chi connectivity index (χ1n) is 9.90. The molecule has 3 heterocycles. The van der Waals surface area contributed by atoms with Gasteiger partial charge in [-0.2, -0.15) is 0 Å². The lowest BCUT2D eigenvalue weighted by molar-refractivity contribution is -0.910. The van der Waals surface area contributed by atoms with E-state index in [9.17, 15) is 14.4 Å². The van der Waals surface area contributed by atoms with Crippen molar-refractivity contribution in [3.8, 4) is 0 Å². The molecule has 1 fully saturated rings. The topological polar surface area (TPSA) is 95.0 Å². The summed E-state index contributed by atoms with van der Waals surface area (Å²) in [5.74, 6) is -1.00. The molecule has 8 nitrogen and oxygen atoms in total. The molecule has 1 saturated heterocycles. The van der Waals surface area contributed by atoms with Gasteiger partial charge in [-0.25, -0.2) is 4.79 Å². The number of aromatic nitrogens is 1. The number of ketones is 1. The summed E-state index contributed by atoms with van der Waals surface area (Å²) < 4.78 is 12.7. The first-order valence-corrected chi connectivity index (χ1v) is 9.90. The summed E-state index contributed by atoms with van der Waals surface area (Å²) in [5, 5.41) is 2.69. The Kier molecular flexibility index (Phi) is 6.22. The van der Waals surface area contributed by atoms with Crippen molar-refractivity contribution < 1.29 is 28.4 Å². The molecular weight excluding hydrogens is 374 g/mol. The molecule has 2 aromatic rings. The Morgan fingerprint density at radius 1 is 1.34 bits per heavy atom. The molecule has 0 radical (unpaired) electrons. The van der Waals surface area contributed by atoms with Gasteiger partial charge in [-0.15, -0.1) is 0 Å². The van der Waals surface area contributed by atoms with Crippen LogP contribution in [0.15, 0.2) is 22.7 Å². The quantitative estimate of drug-likeness (QED) is 0.543. The molecule has 156 valence electrons. The van der Waals surface area contributed by atoms with Crippen LogP contribution in [0, 0.1) is 6.92 Å². The molecule has 1 amide bonds. The van der Waals surface area contributed by atoms with Crippen molar-refractivity contribution in [1.29, 1.82) is 0 Å². The summed E-state index contributed by atoms with van der Waals surface area (Å²) >= 11 is 0. The number of furan rings is 1. The van der Waals surface area contributed by atoms with E-state index in [1.807, 2.05) is 19.3 Å². The Morgan fingerprint density at radius 3 is 2.72 bits per heavy atom. The van der Waals surface area contributed by atoms with Gasteiger partial charge in [0.15, 0.2) is 12.3 Å². The highest BCUT2D eigenvalue weighted by atomic mass is 16.5. The molecule has 8 heteroatoms. The number of carbonyl (C=O) groups excluding carboxylic acids is 3. The van der Waals surface area contributed by atoms with Crippen LogP contribution in [-0.2, 0) is 16.6 Å². The normalized spacial score (nSPS) is 18.6. The molecule has 0 saturated carbocycles. The maximum absolute atomic E-state index is 12.8. The minimum atomic E-state index is -0.681. The molecule has 1 aliphatic heterocycles. The van der Waals surface area contributed by atoms with Crippen LogP contribution in [-0.4, -0.2) is 41.9 Å². The second kappa shape index (κ2) is 8.65. The van der Waals surface area contributed by atoms with E-state index in [0.29, 0.717) is 0 Å². The zero-order valence-corrected chi connectivity index (χ0v) is 17.3. The number of quaternary nitrogens is 1. The number of carbonyl (C=O) groups is 3. The standard InChI is InChI=1S/C21H27N3O5/c1-5-28-21(27)19-18(13(2)25)14(3)29-20(19)22-17(26)12-24-11-7-9-16(24)15-8-6-10-23(15)4/h6,8,10,16H,5,7,9,11-12H2,1-4H3,(H,22,26)/p+1/t16-/m0/s1. The number of nitrogens with one attached hydrogen (secondary N) is 2. The molecule has 2 N–H and O–H groups in total. The second-order valence-corrected chi connectivity index (χ2v) is 7.39.